The van der Waals surface area contributed by atoms with Crippen molar-refractivity contribution < 1.29 is 28.6 Å². The van der Waals surface area contributed by atoms with Gasteiger partial charge in [0.2, 0.25) is 5.91 Å². The van der Waals surface area contributed by atoms with Gasteiger partial charge < -0.3 is 24.8 Å². The number of benzene rings is 2. The molecular weight excluding hydrogens is 364 g/mol. The highest BCUT2D eigenvalue weighted by Crippen LogP contribution is 2.27. The average Bonchev–Trinajstić information content (AvgIpc) is 2.64. The van der Waals surface area contributed by atoms with E-state index >= 15 is 0 Å². The topological polar surface area (TPSA) is 103 Å². The van der Waals surface area contributed by atoms with Gasteiger partial charge in [0.15, 0.2) is 13.2 Å². The Morgan fingerprint density at radius 2 is 1.79 bits per heavy atom. The molecule has 0 unspecified atom stereocenters. The average molecular weight is 386 g/mol. The number of aryl methyl sites for hydroxylation is 1. The molecule has 0 spiro atoms. The van der Waals surface area contributed by atoms with Crippen molar-refractivity contribution in [3.05, 3.63) is 48.0 Å². The van der Waals surface area contributed by atoms with Crippen molar-refractivity contribution in [1.29, 1.82) is 0 Å². The first-order valence-corrected chi connectivity index (χ1v) is 8.48. The summed E-state index contributed by atoms with van der Waals surface area (Å²) in [5.41, 5.74) is 1.83. The fourth-order valence-electron chi connectivity index (χ4n) is 2.31. The van der Waals surface area contributed by atoms with Crippen molar-refractivity contribution in [1.82, 2.24) is 0 Å². The van der Waals surface area contributed by atoms with Gasteiger partial charge in [0.05, 0.1) is 12.8 Å². The van der Waals surface area contributed by atoms with E-state index in [1.165, 1.54) is 14.0 Å². The first kappa shape index (κ1) is 20.8. The van der Waals surface area contributed by atoms with Crippen LogP contribution < -0.4 is 20.1 Å². The Balaban J connectivity index is 1.86. The van der Waals surface area contributed by atoms with Gasteiger partial charge in [-0.3, -0.25) is 9.59 Å². The number of ether oxygens (including phenoxy) is 3. The minimum atomic E-state index is -0.671. The van der Waals surface area contributed by atoms with E-state index in [9.17, 15) is 14.4 Å². The Hall–Kier alpha value is -3.55. The molecule has 0 heterocycles. The van der Waals surface area contributed by atoms with Gasteiger partial charge in [0.1, 0.15) is 11.5 Å². The molecule has 0 saturated carbocycles. The van der Waals surface area contributed by atoms with E-state index < -0.39 is 18.5 Å². The molecule has 0 saturated heterocycles. The highest BCUT2D eigenvalue weighted by Gasteiger charge is 2.12. The Kier molecular flexibility index (Phi) is 7.38. The van der Waals surface area contributed by atoms with Crippen LogP contribution in [0.4, 0.5) is 11.4 Å². The summed E-state index contributed by atoms with van der Waals surface area (Å²) in [7, 11) is 1.45. The molecule has 0 aliphatic rings. The van der Waals surface area contributed by atoms with Gasteiger partial charge in [-0.25, -0.2) is 4.79 Å². The van der Waals surface area contributed by atoms with Crippen LogP contribution in [0.25, 0.3) is 0 Å². The molecular formula is C20H22N2O6. The molecule has 148 valence electrons. The predicted molar refractivity (Wildman–Crippen MR) is 104 cm³/mol. The van der Waals surface area contributed by atoms with Gasteiger partial charge >= 0.3 is 5.97 Å². The predicted octanol–water partition coefficient (Wildman–Crippen LogP) is 2.52. The van der Waals surface area contributed by atoms with Crippen LogP contribution in [0.1, 0.15) is 12.5 Å². The summed E-state index contributed by atoms with van der Waals surface area (Å²) >= 11 is 0. The minimum Gasteiger partial charge on any atom is -0.495 e. The highest BCUT2D eigenvalue weighted by atomic mass is 16.6. The van der Waals surface area contributed by atoms with E-state index in [0.29, 0.717) is 22.9 Å². The number of methoxy groups -OCH3 is 1. The normalized spacial score (nSPS) is 9.96. The summed E-state index contributed by atoms with van der Waals surface area (Å²) in [4.78, 5) is 35.0. The summed E-state index contributed by atoms with van der Waals surface area (Å²) in [6.07, 6.45) is 0. The molecule has 0 aromatic heterocycles. The molecule has 8 nitrogen and oxygen atoms in total. The summed E-state index contributed by atoms with van der Waals surface area (Å²) in [5.74, 6) is -0.528. The van der Waals surface area contributed by atoms with Gasteiger partial charge in [0.25, 0.3) is 5.91 Å². The maximum absolute atomic E-state index is 12.1. The minimum absolute atomic E-state index is 0.245. The number of rotatable bonds is 8. The second-order valence-corrected chi connectivity index (χ2v) is 5.91. The van der Waals surface area contributed by atoms with Crippen molar-refractivity contribution in [3.63, 3.8) is 0 Å². The molecule has 0 aliphatic heterocycles. The van der Waals surface area contributed by atoms with Crippen LogP contribution in [-0.2, 0) is 19.1 Å². The molecule has 0 aliphatic carbocycles. The van der Waals surface area contributed by atoms with Gasteiger partial charge in [-0.2, -0.15) is 0 Å². The lowest BCUT2D eigenvalue weighted by Crippen LogP contribution is -2.24. The quantitative estimate of drug-likeness (QED) is 0.676. The molecule has 0 atom stereocenters. The third-order valence-corrected chi connectivity index (χ3v) is 3.50. The van der Waals surface area contributed by atoms with Crippen molar-refractivity contribution in [3.8, 4) is 11.5 Å². The van der Waals surface area contributed by atoms with Crippen LogP contribution >= 0.6 is 0 Å². The van der Waals surface area contributed by atoms with Gasteiger partial charge in [-0.05, 0) is 42.8 Å². The maximum Gasteiger partial charge on any atom is 0.344 e. The van der Waals surface area contributed by atoms with Crippen LogP contribution in [0.2, 0.25) is 0 Å². The molecule has 2 aromatic rings. The molecule has 0 radical (unpaired) electrons. The summed E-state index contributed by atoms with van der Waals surface area (Å²) in [5, 5.41) is 5.19. The number of esters is 1. The third-order valence-electron chi connectivity index (χ3n) is 3.50. The Morgan fingerprint density at radius 3 is 2.46 bits per heavy atom. The number of nitrogens with one attached hydrogen (secondary N) is 2. The van der Waals surface area contributed by atoms with Gasteiger partial charge in [-0.1, -0.05) is 12.1 Å². The number of carbonyl (C=O) groups excluding carboxylic acids is 3. The van der Waals surface area contributed by atoms with Crippen LogP contribution in [-0.4, -0.2) is 38.1 Å². The number of carbonyl (C=O) groups is 3. The zero-order chi connectivity index (χ0) is 20.5. The standard InChI is InChI=1S/C20H22N2O6/c1-13-5-4-6-16(9-13)27-12-20(25)28-11-19(24)22-17-10-15(21-14(2)23)7-8-18(17)26-3/h4-10H,11-12H2,1-3H3,(H,21,23)(H,22,24). The molecule has 2 aromatic carbocycles. The SMILES string of the molecule is COc1ccc(NC(C)=O)cc1NC(=O)COC(=O)COc1cccc(C)c1. The third kappa shape index (κ3) is 6.64. The van der Waals surface area contributed by atoms with Crippen molar-refractivity contribution in [2.24, 2.45) is 0 Å². The van der Waals surface area contributed by atoms with Crippen LogP contribution in [0.3, 0.4) is 0 Å². The first-order chi connectivity index (χ1) is 13.4. The zero-order valence-electron chi connectivity index (χ0n) is 15.9. The monoisotopic (exact) mass is 386 g/mol. The molecule has 2 rings (SSSR count). The van der Waals surface area contributed by atoms with E-state index in [0.717, 1.165) is 5.56 Å². The van der Waals surface area contributed by atoms with E-state index in [1.54, 1.807) is 30.3 Å². The molecule has 28 heavy (non-hydrogen) atoms. The van der Waals surface area contributed by atoms with Gasteiger partial charge in [-0.15, -0.1) is 0 Å². The van der Waals surface area contributed by atoms with Crippen LogP contribution in [0.15, 0.2) is 42.5 Å². The Labute approximate surface area is 162 Å². The maximum atomic E-state index is 12.1. The van der Waals surface area contributed by atoms with Crippen molar-refractivity contribution >= 4 is 29.2 Å². The van der Waals surface area contributed by atoms with Crippen molar-refractivity contribution in [2.45, 2.75) is 13.8 Å². The zero-order valence-corrected chi connectivity index (χ0v) is 15.9. The lowest BCUT2D eigenvalue weighted by atomic mass is 10.2. The fraction of sp³-hybridized carbons (Fsp3) is 0.250. The van der Waals surface area contributed by atoms with Crippen LogP contribution in [0, 0.1) is 6.92 Å². The van der Waals surface area contributed by atoms with E-state index in [4.69, 9.17) is 14.2 Å². The fourth-order valence-corrected chi connectivity index (χ4v) is 2.31. The molecule has 0 fully saturated rings. The van der Waals surface area contributed by atoms with E-state index in [2.05, 4.69) is 10.6 Å². The smallest absolute Gasteiger partial charge is 0.344 e. The second kappa shape index (κ2) is 9.96. The number of amides is 2. The number of hydrogen-bond donors (Lipinski definition) is 2. The van der Waals surface area contributed by atoms with Crippen molar-refractivity contribution in [2.75, 3.05) is 31.0 Å². The molecule has 2 amide bonds. The molecule has 8 heteroatoms. The second-order valence-electron chi connectivity index (χ2n) is 5.91. The van der Waals surface area contributed by atoms with E-state index in [-0.39, 0.29) is 12.5 Å². The summed E-state index contributed by atoms with van der Waals surface area (Å²) in [6, 6.07) is 12.0. The lowest BCUT2D eigenvalue weighted by molar-refractivity contribution is -0.149. The first-order valence-electron chi connectivity index (χ1n) is 8.48. The number of anilines is 2. The largest absolute Gasteiger partial charge is 0.495 e. The Bertz CT molecular complexity index is 866. The van der Waals surface area contributed by atoms with Crippen LogP contribution in [0.5, 0.6) is 11.5 Å². The Morgan fingerprint density at radius 1 is 1.00 bits per heavy atom. The molecule has 2 N–H and O–H groups in total. The summed E-state index contributed by atoms with van der Waals surface area (Å²) < 4.78 is 15.4. The summed E-state index contributed by atoms with van der Waals surface area (Å²) in [6.45, 7) is 2.49. The van der Waals surface area contributed by atoms with Gasteiger partial charge in [0, 0.05) is 12.6 Å². The lowest BCUT2D eigenvalue weighted by Gasteiger charge is -2.12. The van der Waals surface area contributed by atoms with E-state index in [1.807, 2.05) is 19.1 Å². The molecule has 0 bridgehead atoms. The number of hydrogen-bond acceptors (Lipinski definition) is 6. The highest BCUT2D eigenvalue weighted by molar-refractivity contribution is 5.96.